The Morgan fingerprint density at radius 3 is 2.89 bits per heavy atom. The average Bonchev–Trinajstić information content (AvgIpc) is 2.91. The lowest BCUT2D eigenvalue weighted by atomic mass is 10.1. The highest BCUT2D eigenvalue weighted by Crippen LogP contribution is 2.17. The minimum absolute atomic E-state index is 0.129. The first-order valence-corrected chi connectivity index (χ1v) is 6.40. The maximum absolute atomic E-state index is 12.0. The van der Waals surface area contributed by atoms with E-state index in [1.807, 2.05) is 47.8 Å². The molecule has 0 bridgehead atoms. The van der Waals surface area contributed by atoms with E-state index in [0.717, 1.165) is 15.9 Å². The van der Waals surface area contributed by atoms with Crippen molar-refractivity contribution in [1.29, 1.82) is 0 Å². The van der Waals surface area contributed by atoms with Crippen LogP contribution in [0.2, 0.25) is 0 Å². The molecular formula is C14H10N2OS. The van der Waals surface area contributed by atoms with Gasteiger partial charge in [0.15, 0.2) is 0 Å². The predicted octanol–water partition coefficient (Wildman–Crippen LogP) is 3.55. The lowest BCUT2D eigenvalue weighted by Gasteiger charge is -2.03. The summed E-state index contributed by atoms with van der Waals surface area (Å²) in [6.07, 6.45) is 1.60. The summed E-state index contributed by atoms with van der Waals surface area (Å²) in [5.41, 5.74) is 1.47. The summed E-state index contributed by atoms with van der Waals surface area (Å²) in [5.74, 6) is -0.129. The molecule has 88 valence electrons. The van der Waals surface area contributed by atoms with Gasteiger partial charge in [0, 0.05) is 11.6 Å². The van der Waals surface area contributed by atoms with Crippen LogP contribution in [0.25, 0.3) is 10.9 Å². The maximum atomic E-state index is 12.0. The molecule has 0 atom stereocenters. The number of nitrogens with one attached hydrogen (secondary N) is 1. The Morgan fingerprint density at radius 1 is 1.17 bits per heavy atom. The lowest BCUT2D eigenvalue weighted by Crippen LogP contribution is -2.11. The number of benzene rings is 1. The van der Waals surface area contributed by atoms with E-state index in [0.29, 0.717) is 5.56 Å². The number of amides is 1. The Morgan fingerprint density at radius 2 is 2.06 bits per heavy atom. The molecule has 0 fully saturated rings. The molecule has 4 heteroatoms. The molecule has 0 radical (unpaired) electrons. The summed E-state index contributed by atoms with van der Waals surface area (Å²) in [6, 6.07) is 13.4. The number of anilines is 1. The van der Waals surface area contributed by atoms with E-state index in [-0.39, 0.29) is 5.91 Å². The summed E-state index contributed by atoms with van der Waals surface area (Å²) >= 11 is 1.50. The average molecular weight is 254 g/mol. The Hall–Kier alpha value is -2.20. The number of carbonyl (C=O) groups is 1. The van der Waals surface area contributed by atoms with Gasteiger partial charge in [-0.1, -0.05) is 18.2 Å². The number of para-hydroxylation sites is 1. The van der Waals surface area contributed by atoms with E-state index in [2.05, 4.69) is 10.3 Å². The van der Waals surface area contributed by atoms with Gasteiger partial charge in [-0.3, -0.25) is 9.78 Å². The van der Waals surface area contributed by atoms with Crippen molar-refractivity contribution in [3.63, 3.8) is 0 Å². The highest BCUT2D eigenvalue weighted by atomic mass is 32.1. The molecule has 3 aromatic rings. The molecule has 2 heterocycles. The van der Waals surface area contributed by atoms with Crippen molar-refractivity contribution in [3.8, 4) is 0 Å². The Kier molecular flexibility index (Phi) is 2.78. The zero-order chi connectivity index (χ0) is 12.4. The molecule has 0 unspecified atom stereocenters. The number of fused-ring (bicyclic) bond motifs is 1. The molecular weight excluding hydrogens is 244 g/mol. The highest BCUT2D eigenvalue weighted by molar-refractivity contribution is 7.14. The number of rotatable bonds is 2. The molecule has 0 aliphatic rings. The first-order valence-electron chi connectivity index (χ1n) is 5.52. The minimum Gasteiger partial charge on any atom is -0.314 e. The molecule has 0 saturated carbocycles. The third-order valence-corrected chi connectivity index (χ3v) is 3.40. The Labute approximate surface area is 108 Å². The molecule has 1 N–H and O–H groups in total. The van der Waals surface area contributed by atoms with Crippen molar-refractivity contribution in [2.75, 3.05) is 5.32 Å². The zero-order valence-electron chi connectivity index (χ0n) is 9.46. The summed E-state index contributed by atoms with van der Waals surface area (Å²) < 4.78 is 0. The Balaban J connectivity index is 1.92. The van der Waals surface area contributed by atoms with Crippen LogP contribution in [0.15, 0.2) is 54.0 Å². The maximum Gasteiger partial charge on any atom is 0.257 e. The molecule has 0 aliphatic carbocycles. The van der Waals surface area contributed by atoms with Gasteiger partial charge in [-0.05, 0) is 29.6 Å². The van der Waals surface area contributed by atoms with E-state index < -0.39 is 0 Å². The number of hydrogen-bond donors (Lipinski definition) is 1. The monoisotopic (exact) mass is 254 g/mol. The largest absolute Gasteiger partial charge is 0.314 e. The van der Waals surface area contributed by atoms with Gasteiger partial charge in [0.05, 0.1) is 16.1 Å². The third kappa shape index (κ3) is 2.10. The molecule has 0 aliphatic heterocycles. The van der Waals surface area contributed by atoms with Crippen LogP contribution < -0.4 is 5.32 Å². The van der Waals surface area contributed by atoms with E-state index in [4.69, 9.17) is 0 Å². The van der Waals surface area contributed by atoms with Gasteiger partial charge in [-0.15, -0.1) is 11.3 Å². The van der Waals surface area contributed by atoms with Gasteiger partial charge in [-0.25, -0.2) is 0 Å². The van der Waals surface area contributed by atoms with Crippen LogP contribution in [0.5, 0.6) is 0 Å². The van der Waals surface area contributed by atoms with Gasteiger partial charge in [0.1, 0.15) is 0 Å². The number of pyridine rings is 1. The summed E-state index contributed by atoms with van der Waals surface area (Å²) in [5, 5.41) is 6.58. The van der Waals surface area contributed by atoms with Crippen LogP contribution in [0.4, 0.5) is 5.00 Å². The standard InChI is InChI=1S/C14H10N2OS/c17-14(16-13-6-3-7-18-13)11-8-10-4-1-2-5-12(10)15-9-11/h1-9H,(H,16,17). The molecule has 2 aromatic heterocycles. The molecule has 1 amide bonds. The van der Waals surface area contributed by atoms with Gasteiger partial charge in [0.25, 0.3) is 5.91 Å². The molecule has 3 nitrogen and oxygen atoms in total. The van der Waals surface area contributed by atoms with Crippen molar-refractivity contribution < 1.29 is 4.79 Å². The first-order chi connectivity index (χ1) is 8.83. The number of carbonyl (C=O) groups excluding carboxylic acids is 1. The second-order valence-electron chi connectivity index (χ2n) is 3.85. The quantitative estimate of drug-likeness (QED) is 0.760. The van der Waals surface area contributed by atoms with E-state index in [1.165, 1.54) is 11.3 Å². The van der Waals surface area contributed by atoms with Crippen molar-refractivity contribution >= 4 is 33.1 Å². The van der Waals surface area contributed by atoms with Crippen LogP contribution in [-0.2, 0) is 0 Å². The number of aromatic nitrogens is 1. The highest BCUT2D eigenvalue weighted by Gasteiger charge is 2.07. The molecule has 1 aromatic carbocycles. The van der Waals surface area contributed by atoms with Crippen LogP contribution in [0.3, 0.4) is 0 Å². The summed E-state index contributed by atoms with van der Waals surface area (Å²) in [7, 11) is 0. The van der Waals surface area contributed by atoms with Crippen LogP contribution >= 0.6 is 11.3 Å². The van der Waals surface area contributed by atoms with Crippen LogP contribution in [-0.4, -0.2) is 10.9 Å². The fourth-order valence-corrected chi connectivity index (χ4v) is 2.34. The topological polar surface area (TPSA) is 42.0 Å². The molecule has 3 rings (SSSR count). The van der Waals surface area contributed by atoms with Crippen LogP contribution in [0.1, 0.15) is 10.4 Å². The second kappa shape index (κ2) is 4.58. The number of nitrogens with zero attached hydrogens (tertiary/aromatic N) is 1. The smallest absolute Gasteiger partial charge is 0.257 e. The zero-order valence-corrected chi connectivity index (χ0v) is 10.3. The predicted molar refractivity (Wildman–Crippen MR) is 74.0 cm³/mol. The number of thiophene rings is 1. The molecule has 0 saturated heterocycles. The molecule has 18 heavy (non-hydrogen) atoms. The van der Waals surface area contributed by atoms with Gasteiger partial charge in [0.2, 0.25) is 0 Å². The fraction of sp³-hybridized carbons (Fsp3) is 0. The SMILES string of the molecule is O=C(Nc1cccs1)c1cnc2ccccc2c1. The Bertz CT molecular complexity index is 692. The molecule has 0 spiro atoms. The van der Waals surface area contributed by atoms with E-state index >= 15 is 0 Å². The third-order valence-electron chi connectivity index (χ3n) is 2.61. The van der Waals surface area contributed by atoms with Crippen molar-refractivity contribution in [3.05, 3.63) is 59.6 Å². The van der Waals surface area contributed by atoms with Crippen molar-refractivity contribution in [2.24, 2.45) is 0 Å². The second-order valence-corrected chi connectivity index (χ2v) is 4.80. The first kappa shape index (κ1) is 10.9. The van der Waals surface area contributed by atoms with Crippen LogP contribution in [0, 0.1) is 0 Å². The fourth-order valence-electron chi connectivity index (χ4n) is 1.73. The minimum atomic E-state index is -0.129. The van der Waals surface area contributed by atoms with E-state index in [1.54, 1.807) is 6.20 Å². The summed E-state index contributed by atoms with van der Waals surface area (Å²) in [4.78, 5) is 16.3. The summed E-state index contributed by atoms with van der Waals surface area (Å²) in [6.45, 7) is 0. The lowest BCUT2D eigenvalue weighted by molar-refractivity contribution is 0.102. The van der Waals surface area contributed by atoms with E-state index in [9.17, 15) is 4.79 Å². The van der Waals surface area contributed by atoms with Gasteiger partial charge < -0.3 is 5.32 Å². The normalized spacial score (nSPS) is 10.4. The van der Waals surface area contributed by atoms with Gasteiger partial charge in [-0.2, -0.15) is 0 Å². The van der Waals surface area contributed by atoms with Gasteiger partial charge >= 0.3 is 0 Å². The van der Waals surface area contributed by atoms with Crippen molar-refractivity contribution in [1.82, 2.24) is 4.98 Å². The van der Waals surface area contributed by atoms with Crippen molar-refractivity contribution in [2.45, 2.75) is 0 Å². The number of hydrogen-bond acceptors (Lipinski definition) is 3.